The second-order valence-electron chi connectivity index (χ2n) is 7.19. The lowest BCUT2D eigenvalue weighted by Crippen LogP contribution is -2.44. The first kappa shape index (κ1) is 14.0. The van der Waals surface area contributed by atoms with Crippen LogP contribution in [-0.2, 0) is 5.41 Å². The Hall–Kier alpha value is -0.640. The smallest absolute Gasteiger partial charge is 0.0793 e. The minimum absolute atomic E-state index is 0.0534. The second-order valence-corrected chi connectivity index (χ2v) is 7.89. The molecule has 4 saturated carbocycles. The number of nitrogens with one attached hydrogen (secondary N) is 1. The lowest BCUT2D eigenvalue weighted by atomic mass is 9.63. The van der Waals surface area contributed by atoms with Crippen molar-refractivity contribution >= 4 is 28.8 Å². The van der Waals surface area contributed by atoms with Crippen molar-refractivity contribution in [1.82, 2.24) is 5.32 Å². The molecule has 3 N–H and O–H groups in total. The van der Waals surface area contributed by atoms with Gasteiger partial charge in [-0.05, 0) is 48.5 Å². The van der Waals surface area contributed by atoms with E-state index in [2.05, 4.69) is 35.6 Å². The van der Waals surface area contributed by atoms with Gasteiger partial charge in [0.1, 0.15) is 0 Å². The normalized spacial score (nSPS) is 43.4. The van der Waals surface area contributed by atoms with Gasteiger partial charge in [0.2, 0.25) is 0 Å². The molecule has 0 saturated heterocycles. The van der Waals surface area contributed by atoms with E-state index in [9.17, 15) is 0 Å². The van der Waals surface area contributed by atoms with E-state index in [0.29, 0.717) is 23.9 Å². The Morgan fingerprint density at radius 1 is 1.29 bits per heavy atom. The summed E-state index contributed by atoms with van der Waals surface area (Å²) in [5.74, 6) is 1.20. The first-order valence-electron chi connectivity index (χ1n) is 7.76. The second kappa shape index (κ2) is 4.68. The molecule has 4 bridgehead atoms. The standard InChI is InChI=1S/C17H21ClN2S/c18-10-20-14-11-6-16(12-4-2-1-3-5-12)8-13(14)17(7-11,9-16)15(19)21/h1-5,11,13-14,20H,6-10H2,(H2,19,21). The van der Waals surface area contributed by atoms with Crippen LogP contribution in [0.1, 0.15) is 31.2 Å². The third-order valence-corrected chi connectivity index (χ3v) is 6.95. The fourth-order valence-corrected chi connectivity index (χ4v) is 6.28. The van der Waals surface area contributed by atoms with Crippen LogP contribution >= 0.6 is 23.8 Å². The van der Waals surface area contributed by atoms with Crippen LogP contribution in [0, 0.1) is 17.3 Å². The summed E-state index contributed by atoms with van der Waals surface area (Å²) in [6.45, 7) is 0. The SMILES string of the molecule is NC(=S)C12CC3CC(c4ccccc4)(CC1C3NCCl)C2. The molecule has 1 aromatic rings. The molecule has 4 aliphatic rings. The van der Waals surface area contributed by atoms with Gasteiger partial charge < -0.3 is 11.1 Å². The highest BCUT2D eigenvalue weighted by atomic mass is 35.5. The van der Waals surface area contributed by atoms with Crippen LogP contribution in [0.2, 0.25) is 0 Å². The lowest BCUT2D eigenvalue weighted by molar-refractivity contribution is 0.186. The Labute approximate surface area is 136 Å². The summed E-state index contributed by atoms with van der Waals surface area (Å²) >= 11 is 11.5. The highest BCUT2D eigenvalue weighted by Gasteiger charge is 2.69. The number of halogens is 1. The fourth-order valence-electron chi connectivity index (χ4n) is 5.80. The van der Waals surface area contributed by atoms with Crippen molar-refractivity contribution in [1.29, 1.82) is 0 Å². The average molecular weight is 321 g/mol. The molecule has 0 aliphatic heterocycles. The summed E-state index contributed by atoms with van der Waals surface area (Å²) in [7, 11) is 0. The maximum atomic E-state index is 6.22. The molecule has 0 radical (unpaired) electrons. The van der Waals surface area contributed by atoms with Gasteiger partial charge in [-0.2, -0.15) is 0 Å². The van der Waals surface area contributed by atoms with Crippen LogP contribution in [0.5, 0.6) is 0 Å². The molecule has 4 fully saturated rings. The van der Waals surface area contributed by atoms with E-state index in [0.717, 1.165) is 17.8 Å². The van der Waals surface area contributed by atoms with E-state index >= 15 is 0 Å². The molecule has 2 nitrogen and oxygen atoms in total. The van der Waals surface area contributed by atoms with Gasteiger partial charge in [-0.25, -0.2) is 0 Å². The molecule has 21 heavy (non-hydrogen) atoms. The topological polar surface area (TPSA) is 38.0 Å². The molecular weight excluding hydrogens is 300 g/mol. The number of hydrogen-bond donors (Lipinski definition) is 2. The summed E-state index contributed by atoms with van der Waals surface area (Å²) in [6.07, 6.45) is 4.71. The minimum Gasteiger partial charge on any atom is -0.393 e. The van der Waals surface area contributed by atoms with Crippen molar-refractivity contribution < 1.29 is 0 Å². The number of nitrogens with two attached hydrogens (primary N) is 1. The molecule has 5 rings (SSSR count). The van der Waals surface area contributed by atoms with Gasteiger partial charge in [0.05, 0.1) is 11.0 Å². The Bertz CT molecular complexity index is 577. The third-order valence-electron chi connectivity index (χ3n) is 6.38. The van der Waals surface area contributed by atoms with Gasteiger partial charge in [0.15, 0.2) is 0 Å². The summed E-state index contributed by atoms with van der Waals surface area (Å²) in [5.41, 5.74) is 8.03. The summed E-state index contributed by atoms with van der Waals surface area (Å²) < 4.78 is 0. The van der Waals surface area contributed by atoms with Crippen LogP contribution in [0.3, 0.4) is 0 Å². The predicted molar refractivity (Wildman–Crippen MR) is 90.4 cm³/mol. The largest absolute Gasteiger partial charge is 0.393 e. The maximum absolute atomic E-state index is 6.22. The molecule has 5 unspecified atom stereocenters. The predicted octanol–water partition coefficient (Wildman–Crippen LogP) is 3.19. The fraction of sp³-hybridized carbons (Fsp3) is 0.588. The van der Waals surface area contributed by atoms with Crippen LogP contribution in [0.25, 0.3) is 0 Å². The monoisotopic (exact) mass is 320 g/mol. The van der Waals surface area contributed by atoms with E-state index < -0.39 is 0 Å². The Morgan fingerprint density at radius 3 is 2.71 bits per heavy atom. The molecule has 4 heteroatoms. The van der Waals surface area contributed by atoms with Crippen LogP contribution < -0.4 is 11.1 Å². The average Bonchev–Trinajstić information content (AvgIpc) is 2.86. The quantitative estimate of drug-likeness (QED) is 0.508. The zero-order valence-electron chi connectivity index (χ0n) is 12.0. The molecule has 0 spiro atoms. The Kier molecular flexibility index (Phi) is 3.11. The first-order chi connectivity index (χ1) is 10.1. The molecule has 1 aromatic carbocycles. The van der Waals surface area contributed by atoms with Gasteiger partial charge in [-0.15, -0.1) is 11.6 Å². The van der Waals surface area contributed by atoms with E-state index in [1.165, 1.54) is 18.4 Å². The molecular formula is C17H21ClN2S. The van der Waals surface area contributed by atoms with Gasteiger partial charge in [0, 0.05) is 11.5 Å². The zero-order valence-corrected chi connectivity index (χ0v) is 13.6. The van der Waals surface area contributed by atoms with Crippen molar-refractivity contribution in [2.45, 2.75) is 37.1 Å². The van der Waals surface area contributed by atoms with E-state index in [1.807, 2.05) is 0 Å². The van der Waals surface area contributed by atoms with Gasteiger partial charge >= 0.3 is 0 Å². The van der Waals surface area contributed by atoms with E-state index in [4.69, 9.17) is 29.6 Å². The summed E-state index contributed by atoms with van der Waals surface area (Å²) in [5, 5.41) is 3.50. The Morgan fingerprint density at radius 2 is 2.05 bits per heavy atom. The molecule has 5 atom stereocenters. The van der Waals surface area contributed by atoms with Gasteiger partial charge in [0.25, 0.3) is 0 Å². The van der Waals surface area contributed by atoms with Crippen molar-refractivity contribution in [3.8, 4) is 0 Å². The van der Waals surface area contributed by atoms with Gasteiger partial charge in [-0.1, -0.05) is 42.5 Å². The van der Waals surface area contributed by atoms with Crippen LogP contribution in [0.4, 0.5) is 0 Å². The van der Waals surface area contributed by atoms with E-state index in [-0.39, 0.29) is 10.8 Å². The van der Waals surface area contributed by atoms with Crippen molar-refractivity contribution in [3.63, 3.8) is 0 Å². The summed E-state index contributed by atoms with van der Waals surface area (Å²) in [6, 6.07) is 12.0. The highest BCUT2D eigenvalue weighted by molar-refractivity contribution is 7.80. The van der Waals surface area contributed by atoms with Crippen molar-refractivity contribution in [2.75, 3.05) is 6.00 Å². The maximum Gasteiger partial charge on any atom is 0.0793 e. The highest BCUT2D eigenvalue weighted by Crippen LogP contribution is 2.70. The van der Waals surface area contributed by atoms with Crippen LogP contribution in [0.15, 0.2) is 30.3 Å². The molecule has 112 valence electrons. The molecule has 0 aromatic heterocycles. The third kappa shape index (κ3) is 1.77. The van der Waals surface area contributed by atoms with E-state index in [1.54, 1.807) is 0 Å². The number of rotatable bonds is 4. The number of benzene rings is 1. The molecule has 0 heterocycles. The summed E-state index contributed by atoms with van der Waals surface area (Å²) in [4.78, 5) is 0.730. The van der Waals surface area contributed by atoms with Crippen molar-refractivity contribution in [3.05, 3.63) is 35.9 Å². The first-order valence-corrected chi connectivity index (χ1v) is 8.70. The zero-order chi connectivity index (χ0) is 14.7. The number of thiocarbonyl (C=S) groups is 1. The van der Waals surface area contributed by atoms with Crippen molar-refractivity contribution in [2.24, 2.45) is 23.0 Å². The minimum atomic E-state index is 0.0534. The molecule has 0 amide bonds. The van der Waals surface area contributed by atoms with Crippen LogP contribution in [-0.4, -0.2) is 17.0 Å². The number of hydrogen-bond acceptors (Lipinski definition) is 2. The molecule has 4 aliphatic carbocycles. The lowest BCUT2D eigenvalue weighted by Gasteiger charge is -2.43. The number of alkyl halides is 1. The van der Waals surface area contributed by atoms with Gasteiger partial charge in [-0.3, -0.25) is 0 Å². The Balaban J connectivity index is 1.77.